The van der Waals surface area contributed by atoms with Crippen molar-refractivity contribution in [3.63, 3.8) is 0 Å². The van der Waals surface area contributed by atoms with Crippen molar-refractivity contribution in [3.05, 3.63) is 64.9 Å². The lowest BCUT2D eigenvalue weighted by atomic mass is 9.89. The van der Waals surface area contributed by atoms with E-state index in [0.717, 1.165) is 31.5 Å². The number of piperidine rings is 1. The van der Waals surface area contributed by atoms with Crippen molar-refractivity contribution in [2.75, 3.05) is 18.0 Å². The second kappa shape index (κ2) is 7.41. The van der Waals surface area contributed by atoms with Crippen LogP contribution in [-0.4, -0.2) is 35.8 Å². The third kappa shape index (κ3) is 3.62. The van der Waals surface area contributed by atoms with Crippen LogP contribution < -0.4 is 4.90 Å². The highest BCUT2D eigenvalue weighted by molar-refractivity contribution is 6.30. The van der Waals surface area contributed by atoms with Gasteiger partial charge in [0.25, 0.3) is 5.91 Å². The van der Waals surface area contributed by atoms with E-state index in [1.807, 2.05) is 12.1 Å². The number of anilines is 1. The molecule has 1 unspecified atom stereocenters. The summed E-state index contributed by atoms with van der Waals surface area (Å²) in [6, 6.07) is 13.0. The first kappa shape index (κ1) is 18.1. The van der Waals surface area contributed by atoms with Gasteiger partial charge in [-0.1, -0.05) is 23.7 Å². The zero-order valence-electron chi connectivity index (χ0n) is 14.8. The van der Waals surface area contributed by atoms with Crippen LogP contribution in [0.3, 0.4) is 0 Å². The lowest BCUT2D eigenvalue weighted by molar-refractivity contribution is -0.123. The van der Waals surface area contributed by atoms with E-state index in [0.29, 0.717) is 16.6 Å². The molecule has 0 aliphatic carbocycles. The lowest BCUT2D eigenvalue weighted by Gasteiger charge is -2.35. The monoisotopic (exact) mass is 386 g/mol. The van der Waals surface area contributed by atoms with Crippen LogP contribution in [0.15, 0.2) is 48.5 Å². The molecule has 27 heavy (non-hydrogen) atoms. The average molecular weight is 387 g/mol. The SMILES string of the molecule is O=C1CC(N2CCC(c3ccc(F)cc3)CC2)C(=O)N1c1ccc(Cl)cc1. The molecule has 2 fully saturated rings. The third-order valence-electron chi connectivity index (χ3n) is 5.52. The molecule has 0 N–H and O–H groups in total. The van der Waals surface area contributed by atoms with Gasteiger partial charge >= 0.3 is 0 Å². The number of benzene rings is 2. The van der Waals surface area contributed by atoms with Crippen molar-refractivity contribution in [2.45, 2.75) is 31.2 Å². The summed E-state index contributed by atoms with van der Waals surface area (Å²) >= 11 is 5.90. The number of carbonyl (C=O) groups is 2. The minimum Gasteiger partial charge on any atom is -0.291 e. The smallest absolute Gasteiger partial charge is 0.251 e. The Kier molecular flexibility index (Phi) is 4.98. The first-order valence-electron chi connectivity index (χ1n) is 9.15. The summed E-state index contributed by atoms with van der Waals surface area (Å²) in [5.74, 6) is -0.203. The van der Waals surface area contributed by atoms with Gasteiger partial charge in [0.2, 0.25) is 5.91 Å². The Bertz CT molecular complexity index is 845. The van der Waals surface area contributed by atoms with Gasteiger partial charge in [0.15, 0.2) is 0 Å². The highest BCUT2D eigenvalue weighted by Crippen LogP contribution is 2.32. The second-order valence-electron chi connectivity index (χ2n) is 7.13. The first-order valence-corrected chi connectivity index (χ1v) is 9.52. The molecule has 0 aromatic heterocycles. The zero-order chi connectivity index (χ0) is 19.0. The highest BCUT2D eigenvalue weighted by atomic mass is 35.5. The molecule has 1 atom stereocenters. The van der Waals surface area contributed by atoms with Crippen LogP contribution in [0, 0.1) is 5.82 Å². The maximum Gasteiger partial charge on any atom is 0.251 e. The van der Waals surface area contributed by atoms with E-state index in [1.54, 1.807) is 24.3 Å². The molecule has 0 radical (unpaired) electrons. The largest absolute Gasteiger partial charge is 0.291 e. The van der Waals surface area contributed by atoms with E-state index >= 15 is 0 Å². The van der Waals surface area contributed by atoms with Crippen molar-refractivity contribution in [1.82, 2.24) is 4.90 Å². The Labute approximate surface area is 162 Å². The van der Waals surface area contributed by atoms with Crippen LogP contribution in [0.25, 0.3) is 0 Å². The predicted octanol–water partition coefficient (Wildman–Crippen LogP) is 3.99. The number of rotatable bonds is 3. The minimum absolute atomic E-state index is 0.164. The van der Waals surface area contributed by atoms with Gasteiger partial charge in [0.1, 0.15) is 5.82 Å². The Hall–Kier alpha value is -2.24. The summed E-state index contributed by atoms with van der Waals surface area (Å²) in [7, 11) is 0. The molecule has 2 saturated heterocycles. The van der Waals surface area contributed by atoms with Crippen LogP contribution in [0.5, 0.6) is 0 Å². The van der Waals surface area contributed by atoms with Gasteiger partial charge in [-0.3, -0.25) is 14.5 Å². The zero-order valence-corrected chi connectivity index (χ0v) is 15.5. The van der Waals surface area contributed by atoms with Crippen LogP contribution in [0.1, 0.15) is 30.7 Å². The number of carbonyl (C=O) groups excluding carboxylic acids is 2. The number of hydrogen-bond acceptors (Lipinski definition) is 3. The molecule has 4 rings (SSSR count). The molecule has 2 amide bonds. The van der Waals surface area contributed by atoms with Crippen molar-refractivity contribution in [2.24, 2.45) is 0 Å². The number of halogens is 2. The number of amides is 2. The predicted molar refractivity (Wildman–Crippen MR) is 102 cm³/mol. The fourth-order valence-corrected chi connectivity index (χ4v) is 4.17. The summed E-state index contributed by atoms with van der Waals surface area (Å²) in [6.07, 6.45) is 2.00. The van der Waals surface area contributed by atoms with E-state index in [1.165, 1.54) is 17.0 Å². The number of hydrogen-bond donors (Lipinski definition) is 0. The number of nitrogens with zero attached hydrogens (tertiary/aromatic N) is 2. The maximum absolute atomic E-state index is 13.1. The second-order valence-corrected chi connectivity index (χ2v) is 7.56. The molecule has 0 bridgehead atoms. The van der Waals surface area contributed by atoms with Crippen LogP contribution in [-0.2, 0) is 9.59 Å². The van der Waals surface area contributed by atoms with E-state index in [4.69, 9.17) is 11.6 Å². The molecule has 0 saturated carbocycles. The van der Waals surface area contributed by atoms with E-state index in [-0.39, 0.29) is 24.1 Å². The van der Waals surface area contributed by atoms with Gasteiger partial charge in [-0.2, -0.15) is 0 Å². The third-order valence-corrected chi connectivity index (χ3v) is 5.77. The summed E-state index contributed by atoms with van der Waals surface area (Å²) < 4.78 is 13.1. The molecule has 6 heteroatoms. The topological polar surface area (TPSA) is 40.6 Å². The fraction of sp³-hybridized carbons (Fsp3) is 0.333. The van der Waals surface area contributed by atoms with Crippen LogP contribution in [0.2, 0.25) is 5.02 Å². The summed E-state index contributed by atoms with van der Waals surface area (Å²) in [6.45, 7) is 1.50. The molecular weight excluding hydrogens is 367 g/mol. The van der Waals surface area contributed by atoms with E-state index in [9.17, 15) is 14.0 Å². The summed E-state index contributed by atoms with van der Waals surface area (Å²) in [5.41, 5.74) is 1.70. The molecular formula is C21H20ClFN2O2. The molecule has 4 nitrogen and oxygen atoms in total. The quantitative estimate of drug-likeness (QED) is 0.749. The van der Waals surface area contributed by atoms with Crippen molar-refractivity contribution in [1.29, 1.82) is 0 Å². The van der Waals surface area contributed by atoms with Crippen molar-refractivity contribution < 1.29 is 14.0 Å². The first-order chi connectivity index (χ1) is 13.0. The number of imide groups is 1. The van der Waals surface area contributed by atoms with Gasteiger partial charge in [0.05, 0.1) is 18.2 Å². The normalized spacial score (nSPS) is 21.9. The highest BCUT2D eigenvalue weighted by Gasteiger charge is 2.43. The van der Waals surface area contributed by atoms with Crippen molar-refractivity contribution in [3.8, 4) is 0 Å². The standard InChI is InChI=1S/C21H20ClFN2O2/c22-16-3-7-18(8-4-16)25-20(26)13-19(21(25)27)24-11-9-15(10-12-24)14-1-5-17(23)6-2-14/h1-8,15,19H,9-13H2. The lowest BCUT2D eigenvalue weighted by Crippen LogP contribution is -2.45. The van der Waals surface area contributed by atoms with Crippen LogP contribution in [0.4, 0.5) is 10.1 Å². The van der Waals surface area contributed by atoms with Gasteiger partial charge in [0, 0.05) is 5.02 Å². The van der Waals surface area contributed by atoms with E-state index in [2.05, 4.69) is 4.90 Å². The molecule has 2 heterocycles. The van der Waals surface area contributed by atoms with E-state index < -0.39 is 6.04 Å². The van der Waals surface area contributed by atoms with Gasteiger partial charge in [-0.25, -0.2) is 9.29 Å². The maximum atomic E-state index is 13.1. The minimum atomic E-state index is -0.401. The Morgan fingerprint density at radius 3 is 2.19 bits per heavy atom. The Morgan fingerprint density at radius 2 is 1.56 bits per heavy atom. The van der Waals surface area contributed by atoms with Gasteiger partial charge in [-0.05, 0) is 73.8 Å². The summed E-state index contributed by atoms with van der Waals surface area (Å²) in [4.78, 5) is 28.7. The van der Waals surface area contributed by atoms with Gasteiger partial charge in [-0.15, -0.1) is 0 Å². The van der Waals surface area contributed by atoms with Crippen molar-refractivity contribution >= 4 is 29.1 Å². The molecule has 2 aliphatic rings. The van der Waals surface area contributed by atoms with Crippen LogP contribution >= 0.6 is 11.6 Å². The number of likely N-dealkylation sites (tertiary alicyclic amines) is 1. The average Bonchev–Trinajstić information content (AvgIpc) is 2.98. The molecule has 140 valence electrons. The Balaban J connectivity index is 1.43. The molecule has 2 aliphatic heterocycles. The fourth-order valence-electron chi connectivity index (χ4n) is 4.04. The summed E-state index contributed by atoms with van der Waals surface area (Å²) in [5, 5.41) is 0.567. The molecule has 2 aromatic rings. The van der Waals surface area contributed by atoms with Gasteiger partial charge < -0.3 is 0 Å². The molecule has 0 spiro atoms. The Morgan fingerprint density at radius 1 is 0.926 bits per heavy atom. The molecule has 2 aromatic carbocycles.